The highest BCUT2D eigenvalue weighted by Gasteiger charge is 2.19. The molecule has 2 aromatic rings. The van der Waals surface area contributed by atoms with Crippen LogP contribution in [0.5, 0.6) is 0 Å². The van der Waals surface area contributed by atoms with E-state index in [2.05, 4.69) is 27.4 Å². The SMILES string of the molecule is Cc1cnc(CNC(=O)N2CCc3ccccc3C2)cn1. The molecule has 0 bridgehead atoms. The standard InChI is InChI=1S/C16H18N4O/c1-12-8-18-15(9-17-12)10-19-16(21)20-7-6-13-4-2-3-5-14(13)11-20/h2-5,8-9H,6-7,10-11H2,1H3,(H,19,21). The minimum Gasteiger partial charge on any atom is -0.332 e. The van der Waals surface area contributed by atoms with E-state index >= 15 is 0 Å². The summed E-state index contributed by atoms with van der Waals surface area (Å²) in [6, 6.07) is 8.23. The maximum absolute atomic E-state index is 12.2. The summed E-state index contributed by atoms with van der Waals surface area (Å²) < 4.78 is 0. The Labute approximate surface area is 124 Å². The predicted octanol–water partition coefficient (Wildman–Crippen LogP) is 2.05. The number of aryl methyl sites for hydroxylation is 1. The van der Waals surface area contributed by atoms with Crippen LogP contribution in [0.3, 0.4) is 0 Å². The molecule has 1 aliphatic rings. The fourth-order valence-corrected chi connectivity index (χ4v) is 2.46. The molecule has 0 fully saturated rings. The zero-order valence-corrected chi connectivity index (χ0v) is 12.0. The van der Waals surface area contributed by atoms with Gasteiger partial charge in [0.05, 0.1) is 24.1 Å². The van der Waals surface area contributed by atoms with Crippen LogP contribution in [0.15, 0.2) is 36.7 Å². The molecule has 0 unspecified atom stereocenters. The topological polar surface area (TPSA) is 58.1 Å². The van der Waals surface area contributed by atoms with Crippen molar-refractivity contribution in [3.63, 3.8) is 0 Å². The molecule has 0 spiro atoms. The molecule has 1 N–H and O–H groups in total. The highest BCUT2D eigenvalue weighted by atomic mass is 16.2. The fourth-order valence-electron chi connectivity index (χ4n) is 2.46. The molecular weight excluding hydrogens is 264 g/mol. The number of hydrogen-bond donors (Lipinski definition) is 1. The van der Waals surface area contributed by atoms with Crippen molar-refractivity contribution in [3.8, 4) is 0 Å². The third-order valence-electron chi connectivity index (χ3n) is 3.67. The van der Waals surface area contributed by atoms with Crippen molar-refractivity contribution in [1.82, 2.24) is 20.2 Å². The van der Waals surface area contributed by atoms with Crippen LogP contribution in [-0.2, 0) is 19.5 Å². The average molecular weight is 282 g/mol. The minimum absolute atomic E-state index is 0.0492. The first kappa shape index (κ1) is 13.5. The lowest BCUT2D eigenvalue weighted by atomic mass is 10.0. The molecule has 2 amide bonds. The van der Waals surface area contributed by atoms with Gasteiger partial charge in [-0.2, -0.15) is 0 Å². The minimum atomic E-state index is -0.0492. The Balaban J connectivity index is 1.58. The van der Waals surface area contributed by atoms with Crippen molar-refractivity contribution in [1.29, 1.82) is 0 Å². The Kier molecular flexibility index (Phi) is 3.81. The molecule has 2 heterocycles. The van der Waals surface area contributed by atoms with Gasteiger partial charge in [0.25, 0.3) is 0 Å². The second-order valence-electron chi connectivity index (χ2n) is 5.25. The van der Waals surface area contributed by atoms with Crippen molar-refractivity contribution in [2.45, 2.75) is 26.4 Å². The zero-order valence-electron chi connectivity index (χ0n) is 12.0. The smallest absolute Gasteiger partial charge is 0.318 e. The van der Waals surface area contributed by atoms with Crippen molar-refractivity contribution in [2.75, 3.05) is 6.54 Å². The Hall–Kier alpha value is -2.43. The molecule has 0 radical (unpaired) electrons. The molecule has 3 rings (SSSR count). The van der Waals surface area contributed by atoms with E-state index in [1.807, 2.05) is 24.0 Å². The highest BCUT2D eigenvalue weighted by Crippen LogP contribution is 2.18. The molecule has 5 heteroatoms. The van der Waals surface area contributed by atoms with Gasteiger partial charge in [-0.3, -0.25) is 9.97 Å². The first-order valence-corrected chi connectivity index (χ1v) is 7.09. The summed E-state index contributed by atoms with van der Waals surface area (Å²) in [5, 5.41) is 2.90. The van der Waals surface area contributed by atoms with Crippen LogP contribution in [0.25, 0.3) is 0 Å². The molecule has 108 valence electrons. The third kappa shape index (κ3) is 3.18. The lowest BCUT2D eigenvalue weighted by molar-refractivity contribution is 0.192. The molecule has 1 aromatic carbocycles. The molecule has 0 aliphatic carbocycles. The van der Waals surface area contributed by atoms with Gasteiger partial charge in [0.1, 0.15) is 0 Å². The number of hydrogen-bond acceptors (Lipinski definition) is 3. The normalized spacial score (nSPS) is 13.7. The summed E-state index contributed by atoms with van der Waals surface area (Å²) in [6.45, 7) is 3.72. The number of aromatic nitrogens is 2. The summed E-state index contributed by atoms with van der Waals surface area (Å²) in [6.07, 6.45) is 4.31. The van der Waals surface area contributed by atoms with E-state index in [4.69, 9.17) is 0 Å². The number of carbonyl (C=O) groups excluding carboxylic acids is 1. The van der Waals surface area contributed by atoms with Crippen molar-refractivity contribution < 1.29 is 4.79 Å². The number of amides is 2. The summed E-state index contributed by atoms with van der Waals surface area (Å²) in [5.74, 6) is 0. The van der Waals surface area contributed by atoms with Crippen LogP contribution in [-0.4, -0.2) is 27.4 Å². The van der Waals surface area contributed by atoms with Crippen LogP contribution in [0.2, 0.25) is 0 Å². The Morgan fingerprint density at radius 2 is 2.05 bits per heavy atom. The van der Waals surface area contributed by atoms with E-state index in [0.717, 1.165) is 24.4 Å². The van der Waals surface area contributed by atoms with Crippen LogP contribution in [0, 0.1) is 6.92 Å². The second kappa shape index (κ2) is 5.91. The van der Waals surface area contributed by atoms with Gasteiger partial charge in [-0.1, -0.05) is 24.3 Å². The molecule has 0 saturated carbocycles. The number of carbonyl (C=O) groups is 1. The van der Waals surface area contributed by atoms with Crippen LogP contribution >= 0.6 is 0 Å². The molecule has 21 heavy (non-hydrogen) atoms. The Morgan fingerprint density at radius 3 is 2.81 bits per heavy atom. The molecule has 0 atom stereocenters. The van der Waals surface area contributed by atoms with Crippen LogP contribution in [0.1, 0.15) is 22.5 Å². The number of rotatable bonds is 2. The molecule has 1 aromatic heterocycles. The first-order chi connectivity index (χ1) is 10.2. The summed E-state index contributed by atoms with van der Waals surface area (Å²) in [5.41, 5.74) is 4.21. The van der Waals surface area contributed by atoms with E-state index in [0.29, 0.717) is 13.1 Å². The monoisotopic (exact) mass is 282 g/mol. The van der Waals surface area contributed by atoms with Gasteiger partial charge in [0, 0.05) is 19.3 Å². The second-order valence-corrected chi connectivity index (χ2v) is 5.25. The zero-order chi connectivity index (χ0) is 14.7. The average Bonchev–Trinajstić information content (AvgIpc) is 2.53. The van der Waals surface area contributed by atoms with Crippen LogP contribution in [0.4, 0.5) is 4.79 Å². The van der Waals surface area contributed by atoms with Gasteiger partial charge in [-0.05, 0) is 24.5 Å². The maximum Gasteiger partial charge on any atom is 0.318 e. The Morgan fingerprint density at radius 1 is 1.24 bits per heavy atom. The van der Waals surface area contributed by atoms with Gasteiger partial charge >= 0.3 is 6.03 Å². The van der Waals surface area contributed by atoms with Crippen molar-refractivity contribution in [3.05, 3.63) is 59.2 Å². The molecular formula is C16H18N4O. The summed E-state index contributed by atoms with van der Waals surface area (Å²) >= 11 is 0. The fraction of sp³-hybridized carbons (Fsp3) is 0.312. The van der Waals surface area contributed by atoms with E-state index in [-0.39, 0.29) is 6.03 Å². The maximum atomic E-state index is 12.2. The number of urea groups is 1. The molecule has 0 saturated heterocycles. The summed E-state index contributed by atoms with van der Waals surface area (Å²) in [7, 11) is 0. The number of nitrogens with zero attached hydrogens (tertiary/aromatic N) is 3. The van der Waals surface area contributed by atoms with Gasteiger partial charge in [0.2, 0.25) is 0 Å². The predicted molar refractivity (Wildman–Crippen MR) is 79.6 cm³/mol. The third-order valence-corrected chi connectivity index (χ3v) is 3.67. The van der Waals surface area contributed by atoms with Crippen LogP contribution < -0.4 is 5.32 Å². The quantitative estimate of drug-likeness (QED) is 0.917. The highest BCUT2D eigenvalue weighted by molar-refractivity contribution is 5.74. The lowest BCUT2D eigenvalue weighted by Gasteiger charge is -2.28. The van der Waals surface area contributed by atoms with Gasteiger partial charge in [0.15, 0.2) is 0 Å². The lowest BCUT2D eigenvalue weighted by Crippen LogP contribution is -2.42. The number of nitrogens with one attached hydrogen (secondary N) is 1. The Bertz CT molecular complexity index is 639. The molecule has 1 aliphatic heterocycles. The number of fused-ring (bicyclic) bond motifs is 1. The first-order valence-electron chi connectivity index (χ1n) is 7.09. The van der Waals surface area contributed by atoms with Crippen molar-refractivity contribution in [2.24, 2.45) is 0 Å². The van der Waals surface area contributed by atoms with Gasteiger partial charge in [-0.25, -0.2) is 4.79 Å². The van der Waals surface area contributed by atoms with E-state index in [1.165, 1.54) is 11.1 Å². The number of benzene rings is 1. The van der Waals surface area contributed by atoms with Crippen molar-refractivity contribution >= 4 is 6.03 Å². The summed E-state index contributed by atoms with van der Waals surface area (Å²) in [4.78, 5) is 22.5. The van der Waals surface area contributed by atoms with E-state index < -0.39 is 0 Å². The van der Waals surface area contributed by atoms with E-state index in [9.17, 15) is 4.79 Å². The van der Waals surface area contributed by atoms with E-state index in [1.54, 1.807) is 12.4 Å². The molecule has 5 nitrogen and oxygen atoms in total. The van der Waals surface area contributed by atoms with Gasteiger partial charge < -0.3 is 10.2 Å². The van der Waals surface area contributed by atoms with Gasteiger partial charge in [-0.15, -0.1) is 0 Å². The largest absolute Gasteiger partial charge is 0.332 e.